The molecule has 0 aliphatic carbocycles. The molecule has 4 aromatic rings. The molecule has 0 amide bonds. The first-order valence-electron chi connectivity index (χ1n) is 11.1. The van der Waals surface area contributed by atoms with Gasteiger partial charge in [0.25, 0.3) is 0 Å². The third kappa shape index (κ3) is 4.35. The highest BCUT2D eigenvalue weighted by atomic mass is 16.5. The number of nitrogens with zero attached hydrogens (tertiary/aromatic N) is 2. The third-order valence-electron chi connectivity index (χ3n) is 5.99. The molecular weight excluding hydrogens is 410 g/mol. The molecule has 33 heavy (non-hydrogen) atoms. The van der Waals surface area contributed by atoms with Crippen molar-refractivity contribution in [3.05, 3.63) is 107 Å². The molecular formula is C28H26N3O2+. The van der Waals surface area contributed by atoms with Crippen molar-refractivity contribution < 1.29 is 14.1 Å². The monoisotopic (exact) mass is 436 g/mol. The van der Waals surface area contributed by atoms with Gasteiger partial charge in [0.2, 0.25) is 0 Å². The molecule has 1 unspecified atom stereocenters. The van der Waals surface area contributed by atoms with E-state index in [-0.39, 0.29) is 11.9 Å². The zero-order valence-electron chi connectivity index (χ0n) is 18.8. The van der Waals surface area contributed by atoms with Gasteiger partial charge >= 0.3 is 11.7 Å². The van der Waals surface area contributed by atoms with Gasteiger partial charge in [-0.15, -0.1) is 0 Å². The summed E-state index contributed by atoms with van der Waals surface area (Å²) in [6, 6.07) is 26.0. The molecule has 2 heterocycles. The van der Waals surface area contributed by atoms with Crippen LogP contribution in [0.15, 0.2) is 85.1 Å². The van der Waals surface area contributed by atoms with Gasteiger partial charge in [-0.05, 0) is 36.2 Å². The van der Waals surface area contributed by atoms with Crippen LogP contribution < -0.4 is 14.6 Å². The Morgan fingerprint density at radius 2 is 1.76 bits per heavy atom. The first-order valence-corrected chi connectivity index (χ1v) is 11.1. The van der Waals surface area contributed by atoms with Crippen LogP contribution in [-0.4, -0.2) is 24.0 Å². The molecule has 0 radical (unpaired) electrons. The lowest BCUT2D eigenvalue weighted by atomic mass is 10.1. The van der Waals surface area contributed by atoms with Crippen molar-refractivity contribution in [3.63, 3.8) is 0 Å². The Morgan fingerprint density at radius 1 is 0.970 bits per heavy atom. The summed E-state index contributed by atoms with van der Waals surface area (Å²) in [4.78, 5) is 18.4. The van der Waals surface area contributed by atoms with E-state index in [4.69, 9.17) is 9.72 Å². The van der Waals surface area contributed by atoms with Crippen molar-refractivity contribution in [3.8, 4) is 17.0 Å². The fraction of sp³-hybridized carbons (Fsp3) is 0.179. The predicted molar refractivity (Wildman–Crippen MR) is 129 cm³/mol. The van der Waals surface area contributed by atoms with Gasteiger partial charge in [-0.1, -0.05) is 66.2 Å². The number of fused-ring (bicyclic) bond motifs is 1. The van der Waals surface area contributed by atoms with Crippen LogP contribution in [0.2, 0.25) is 0 Å². The van der Waals surface area contributed by atoms with Gasteiger partial charge in [0.05, 0.1) is 7.11 Å². The van der Waals surface area contributed by atoms with Gasteiger partial charge in [0.15, 0.2) is 6.04 Å². The molecule has 0 bridgehead atoms. The lowest BCUT2D eigenvalue weighted by molar-refractivity contribution is -0.552. The van der Waals surface area contributed by atoms with Crippen LogP contribution in [-0.2, 0) is 12.8 Å². The largest absolute Gasteiger partial charge is 0.497 e. The quantitative estimate of drug-likeness (QED) is 0.448. The highest BCUT2D eigenvalue weighted by Gasteiger charge is 2.41. The zero-order chi connectivity index (χ0) is 22.8. The van der Waals surface area contributed by atoms with Gasteiger partial charge in [-0.2, -0.15) is 4.57 Å². The number of ether oxygens (including phenoxy) is 1. The molecule has 164 valence electrons. The standard InChI is InChI=1S/C28H25N3O2/c1-19-7-6-10-22(15-19)26-18-31-27(24(29-26)16-20-8-4-3-5-9-20)30-25(28(31)32)17-21-11-13-23(33-2)14-12-21/h3-15,18,25H,16-17H2,1-2H3/p+1. The van der Waals surface area contributed by atoms with Crippen LogP contribution in [0, 0.1) is 6.92 Å². The molecule has 0 spiro atoms. The fourth-order valence-electron chi connectivity index (χ4n) is 4.27. The Morgan fingerprint density at radius 3 is 2.48 bits per heavy atom. The summed E-state index contributed by atoms with van der Waals surface area (Å²) < 4.78 is 7.00. The van der Waals surface area contributed by atoms with Crippen molar-refractivity contribution in [1.29, 1.82) is 0 Å². The summed E-state index contributed by atoms with van der Waals surface area (Å²) in [5.74, 6) is 1.62. The van der Waals surface area contributed by atoms with E-state index < -0.39 is 0 Å². The molecule has 1 aliphatic rings. The van der Waals surface area contributed by atoms with Crippen molar-refractivity contribution in [2.24, 2.45) is 0 Å². The minimum atomic E-state index is -0.345. The lowest BCUT2D eigenvalue weighted by Crippen LogP contribution is -2.44. The van der Waals surface area contributed by atoms with E-state index in [2.05, 4.69) is 36.5 Å². The summed E-state index contributed by atoms with van der Waals surface area (Å²) in [6.45, 7) is 2.06. The Hall–Kier alpha value is -3.99. The van der Waals surface area contributed by atoms with Crippen LogP contribution in [0.1, 0.15) is 27.2 Å². The maximum Gasteiger partial charge on any atom is 0.359 e. The van der Waals surface area contributed by atoms with Crippen LogP contribution in [0.25, 0.3) is 11.3 Å². The van der Waals surface area contributed by atoms with Crippen molar-refractivity contribution in [1.82, 2.24) is 4.98 Å². The van der Waals surface area contributed by atoms with E-state index in [0.717, 1.165) is 45.2 Å². The molecule has 5 rings (SSSR count). The summed E-state index contributed by atoms with van der Waals surface area (Å²) in [7, 11) is 1.65. The number of hydrogen-bond acceptors (Lipinski definition) is 4. The number of aromatic nitrogens is 2. The molecule has 0 saturated heterocycles. The van der Waals surface area contributed by atoms with E-state index >= 15 is 0 Å². The summed E-state index contributed by atoms with van der Waals surface area (Å²) >= 11 is 0. The molecule has 5 nitrogen and oxygen atoms in total. The first kappa shape index (κ1) is 20.9. The topological polar surface area (TPSA) is 55.1 Å². The average Bonchev–Trinajstić information content (AvgIpc) is 3.16. The number of carbonyl (C=O) groups is 1. The molecule has 3 aromatic carbocycles. The minimum absolute atomic E-state index is 0.0337. The van der Waals surface area contributed by atoms with Crippen molar-refractivity contribution >= 4 is 11.7 Å². The van der Waals surface area contributed by atoms with Crippen molar-refractivity contribution in [2.45, 2.75) is 25.8 Å². The van der Waals surface area contributed by atoms with Gasteiger partial charge in [0.1, 0.15) is 23.3 Å². The Labute approximate surface area is 193 Å². The summed E-state index contributed by atoms with van der Waals surface area (Å²) in [6.07, 6.45) is 3.10. The Bertz CT molecular complexity index is 1300. The van der Waals surface area contributed by atoms with Crippen molar-refractivity contribution in [2.75, 3.05) is 12.4 Å². The van der Waals surface area contributed by atoms with Gasteiger partial charge in [-0.3, -0.25) is 5.32 Å². The number of rotatable bonds is 6. The van der Waals surface area contributed by atoms with E-state index in [1.165, 1.54) is 0 Å². The molecule has 0 saturated carbocycles. The first-order chi connectivity index (χ1) is 16.1. The van der Waals surface area contributed by atoms with Crippen LogP contribution in [0.3, 0.4) is 0 Å². The molecule has 0 fully saturated rings. The third-order valence-corrected chi connectivity index (χ3v) is 5.99. The van der Waals surface area contributed by atoms with Crippen LogP contribution >= 0.6 is 0 Å². The Kier molecular flexibility index (Phi) is 5.61. The Balaban J connectivity index is 1.52. The summed E-state index contributed by atoms with van der Waals surface area (Å²) in [5, 5.41) is 3.46. The number of aryl methyl sites for hydroxylation is 1. The van der Waals surface area contributed by atoms with Gasteiger partial charge < -0.3 is 4.74 Å². The SMILES string of the molecule is COc1ccc(CC2Nc3c(Cc4ccccc4)nc(-c4cccc(C)c4)c[n+]3C2=O)cc1. The van der Waals surface area contributed by atoms with Crippen LogP contribution in [0.5, 0.6) is 5.75 Å². The predicted octanol–water partition coefficient (Wildman–Crippen LogP) is 4.62. The second kappa shape index (κ2) is 8.87. The number of anilines is 1. The average molecular weight is 437 g/mol. The van der Waals surface area contributed by atoms with Crippen LogP contribution in [0.4, 0.5) is 5.82 Å². The number of hydrogen-bond donors (Lipinski definition) is 1. The van der Waals surface area contributed by atoms with E-state index in [0.29, 0.717) is 12.8 Å². The van der Waals surface area contributed by atoms with E-state index in [1.807, 2.05) is 60.8 Å². The highest BCUT2D eigenvalue weighted by molar-refractivity contribution is 5.82. The van der Waals surface area contributed by atoms with Gasteiger partial charge in [-0.25, -0.2) is 9.78 Å². The molecule has 5 heteroatoms. The van der Waals surface area contributed by atoms with E-state index in [9.17, 15) is 4.79 Å². The highest BCUT2D eigenvalue weighted by Crippen LogP contribution is 2.25. The number of methoxy groups -OCH3 is 1. The maximum atomic E-state index is 13.4. The minimum Gasteiger partial charge on any atom is -0.497 e. The molecule has 1 N–H and O–H groups in total. The maximum absolute atomic E-state index is 13.4. The number of nitrogens with one attached hydrogen (secondary N) is 1. The normalized spacial score (nSPS) is 14.6. The molecule has 1 aliphatic heterocycles. The lowest BCUT2D eigenvalue weighted by Gasteiger charge is -2.08. The van der Waals surface area contributed by atoms with E-state index in [1.54, 1.807) is 11.7 Å². The molecule has 1 aromatic heterocycles. The summed E-state index contributed by atoms with van der Waals surface area (Å²) in [5.41, 5.74) is 6.06. The fourth-order valence-corrected chi connectivity index (χ4v) is 4.27. The second-order valence-electron chi connectivity index (χ2n) is 8.41. The number of benzene rings is 3. The smallest absolute Gasteiger partial charge is 0.359 e. The zero-order valence-corrected chi connectivity index (χ0v) is 18.8. The number of carbonyl (C=O) groups excluding carboxylic acids is 1. The molecule has 1 atom stereocenters. The second-order valence-corrected chi connectivity index (χ2v) is 8.41. The van der Waals surface area contributed by atoms with Gasteiger partial charge in [0, 0.05) is 18.4 Å².